The van der Waals surface area contributed by atoms with E-state index in [1.165, 1.54) is 0 Å². The van der Waals surface area contributed by atoms with Gasteiger partial charge < -0.3 is 15.3 Å². The van der Waals surface area contributed by atoms with Crippen LogP contribution in [0.4, 0.5) is 5.69 Å². The lowest BCUT2D eigenvalue weighted by Gasteiger charge is -2.17. The smallest absolute Gasteiger partial charge is 0.306 e. The van der Waals surface area contributed by atoms with E-state index in [-0.39, 0.29) is 23.6 Å². The quantitative estimate of drug-likeness (QED) is 0.523. The van der Waals surface area contributed by atoms with E-state index in [0.717, 1.165) is 12.4 Å². The van der Waals surface area contributed by atoms with E-state index in [4.69, 9.17) is 16.7 Å². The maximum atomic E-state index is 10.6. The van der Waals surface area contributed by atoms with Crippen molar-refractivity contribution in [3.63, 3.8) is 0 Å². The molecule has 17 heavy (non-hydrogen) atoms. The highest BCUT2D eigenvalue weighted by atomic mass is 35.5. The first-order valence-corrected chi connectivity index (χ1v) is 5.11. The van der Waals surface area contributed by atoms with Crippen LogP contribution in [0.2, 0.25) is 5.02 Å². The fourth-order valence-corrected chi connectivity index (χ4v) is 1.56. The van der Waals surface area contributed by atoms with E-state index >= 15 is 0 Å². The van der Waals surface area contributed by atoms with Crippen molar-refractivity contribution in [3.8, 4) is 0 Å². The van der Waals surface area contributed by atoms with Gasteiger partial charge in [-0.3, -0.25) is 15.1 Å². The summed E-state index contributed by atoms with van der Waals surface area (Å²) in [7, 11) is 0. The van der Waals surface area contributed by atoms with Crippen LogP contribution in [-0.2, 0) is 0 Å². The molecular weight excluding hydrogens is 252 g/mol. The molecule has 0 saturated heterocycles. The lowest BCUT2D eigenvalue weighted by Crippen LogP contribution is -2.20. The third-order valence-electron chi connectivity index (χ3n) is 2.19. The predicted molar refractivity (Wildman–Crippen MR) is 58.6 cm³/mol. The minimum atomic E-state index is -1.43. The van der Waals surface area contributed by atoms with Crippen LogP contribution in [-0.4, -0.2) is 37.9 Å². The molecular formula is C9H11ClN2O5. The molecule has 0 spiro atoms. The number of hydrogen-bond acceptors (Lipinski definition) is 6. The molecule has 0 aromatic carbocycles. The molecule has 1 aromatic heterocycles. The standard InChI is InChI=1S/C9H11ClN2O5/c10-8-5(9(15)7(14)1-2-13)3-11-4-6(8)12(16)17/h3-4,7,9,13-15H,1-2H2. The number of nitrogens with zero attached hydrogens (tertiary/aromatic N) is 2. The molecule has 0 fully saturated rings. The SMILES string of the molecule is O=[N+]([O-])c1cncc(C(O)C(O)CCO)c1Cl. The van der Waals surface area contributed by atoms with Crippen LogP contribution in [0.5, 0.6) is 0 Å². The minimum absolute atomic E-state index is 0.0400. The van der Waals surface area contributed by atoms with Gasteiger partial charge in [0.05, 0.1) is 11.0 Å². The number of pyridine rings is 1. The van der Waals surface area contributed by atoms with Gasteiger partial charge in [0.25, 0.3) is 0 Å². The maximum Gasteiger partial charge on any atom is 0.306 e. The first-order valence-electron chi connectivity index (χ1n) is 4.73. The van der Waals surface area contributed by atoms with Crippen molar-refractivity contribution >= 4 is 17.3 Å². The normalized spacial score (nSPS) is 14.4. The second-order valence-electron chi connectivity index (χ2n) is 3.34. The zero-order chi connectivity index (χ0) is 13.0. The zero-order valence-corrected chi connectivity index (χ0v) is 9.41. The second-order valence-corrected chi connectivity index (χ2v) is 3.72. The Hall–Kier alpha value is -1.28. The van der Waals surface area contributed by atoms with Gasteiger partial charge in [0, 0.05) is 18.4 Å². The van der Waals surface area contributed by atoms with Crippen LogP contribution in [0.3, 0.4) is 0 Å². The molecule has 2 unspecified atom stereocenters. The molecule has 0 aliphatic heterocycles. The fourth-order valence-electron chi connectivity index (χ4n) is 1.28. The average Bonchev–Trinajstić information content (AvgIpc) is 2.28. The maximum absolute atomic E-state index is 10.6. The molecule has 1 heterocycles. The van der Waals surface area contributed by atoms with Crippen LogP contribution in [0, 0.1) is 10.1 Å². The summed E-state index contributed by atoms with van der Waals surface area (Å²) in [5.74, 6) is 0. The molecule has 2 atom stereocenters. The van der Waals surface area contributed by atoms with Gasteiger partial charge in [0.1, 0.15) is 17.3 Å². The van der Waals surface area contributed by atoms with Crippen molar-refractivity contribution in [2.75, 3.05) is 6.61 Å². The monoisotopic (exact) mass is 262 g/mol. The summed E-state index contributed by atoms with van der Waals surface area (Å²) in [5, 5.41) is 38.1. The predicted octanol–water partition coefficient (Wildman–Crippen LogP) is 0.420. The number of aliphatic hydroxyl groups is 3. The molecule has 0 aliphatic carbocycles. The van der Waals surface area contributed by atoms with Crippen LogP contribution >= 0.6 is 11.6 Å². The summed E-state index contributed by atoms with van der Waals surface area (Å²) < 4.78 is 0. The van der Waals surface area contributed by atoms with Crippen molar-refractivity contribution in [2.24, 2.45) is 0 Å². The second kappa shape index (κ2) is 5.87. The molecule has 3 N–H and O–H groups in total. The van der Waals surface area contributed by atoms with Crippen LogP contribution in [0.1, 0.15) is 18.1 Å². The van der Waals surface area contributed by atoms with Crippen molar-refractivity contribution < 1.29 is 20.2 Å². The third kappa shape index (κ3) is 3.10. The lowest BCUT2D eigenvalue weighted by atomic mass is 10.0. The van der Waals surface area contributed by atoms with E-state index in [9.17, 15) is 20.3 Å². The molecule has 0 bridgehead atoms. The molecule has 0 radical (unpaired) electrons. The number of aliphatic hydroxyl groups excluding tert-OH is 3. The van der Waals surface area contributed by atoms with E-state index in [1.54, 1.807) is 0 Å². The summed E-state index contributed by atoms with van der Waals surface area (Å²) in [6.45, 7) is -0.321. The number of aromatic nitrogens is 1. The van der Waals surface area contributed by atoms with E-state index in [2.05, 4.69) is 4.98 Å². The first kappa shape index (κ1) is 13.8. The fraction of sp³-hybridized carbons (Fsp3) is 0.444. The van der Waals surface area contributed by atoms with Crippen molar-refractivity contribution in [3.05, 3.63) is 33.1 Å². The average molecular weight is 263 g/mol. The van der Waals surface area contributed by atoms with E-state index < -0.39 is 22.8 Å². The molecule has 8 heteroatoms. The topological polar surface area (TPSA) is 117 Å². The van der Waals surface area contributed by atoms with Crippen molar-refractivity contribution in [1.29, 1.82) is 0 Å². The minimum Gasteiger partial charge on any atom is -0.396 e. The van der Waals surface area contributed by atoms with Gasteiger partial charge in [-0.05, 0) is 6.42 Å². The molecule has 1 rings (SSSR count). The number of halogens is 1. The Balaban J connectivity index is 3.06. The lowest BCUT2D eigenvalue weighted by molar-refractivity contribution is -0.385. The molecule has 7 nitrogen and oxygen atoms in total. The van der Waals surface area contributed by atoms with Crippen molar-refractivity contribution in [2.45, 2.75) is 18.6 Å². The Bertz CT molecular complexity index is 414. The van der Waals surface area contributed by atoms with Crippen molar-refractivity contribution in [1.82, 2.24) is 4.98 Å². The molecule has 0 aliphatic rings. The highest BCUT2D eigenvalue weighted by Gasteiger charge is 2.25. The van der Waals surface area contributed by atoms with E-state index in [0.29, 0.717) is 0 Å². The highest BCUT2D eigenvalue weighted by Crippen LogP contribution is 2.32. The Morgan fingerprint density at radius 1 is 1.47 bits per heavy atom. The van der Waals surface area contributed by atoms with E-state index in [1.807, 2.05) is 0 Å². The van der Waals surface area contributed by atoms with Gasteiger partial charge in [0.15, 0.2) is 0 Å². The molecule has 0 amide bonds. The Morgan fingerprint density at radius 2 is 2.12 bits per heavy atom. The van der Waals surface area contributed by atoms with Crippen LogP contribution in [0.25, 0.3) is 0 Å². The summed E-state index contributed by atoms with van der Waals surface area (Å²) >= 11 is 5.73. The van der Waals surface area contributed by atoms with Gasteiger partial charge in [-0.1, -0.05) is 11.6 Å². The molecule has 94 valence electrons. The van der Waals surface area contributed by atoms with Gasteiger partial charge in [-0.15, -0.1) is 0 Å². The number of rotatable bonds is 5. The molecule has 0 saturated carbocycles. The number of nitro groups is 1. The zero-order valence-electron chi connectivity index (χ0n) is 8.65. The summed E-state index contributed by atoms with van der Waals surface area (Å²) in [6.07, 6.45) is -0.666. The summed E-state index contributed by atoms with van der Waals surface area (Å²) in [4.78, 5) is 13.4. The first-order chi connectivity index (χ1) is 7.99. The third-order valence-corrected chi connectivity index (χ3v) is 2.61. The Morgan fingerprint density at radius 3 is 2.65 bits per heavy atom. The number of hydrogen-bond donors (Lipinski definition) is 3. The summed E-state index contributed by atoms with van der Waals surface area (Å²) in [5.41, 5.74) is -0.485. The van der Waals surface area contributed by atoms with Crippen LogP contribution < -0.4 is 0 Å². The largest absolute Gasteiger partial charge is 0.396 e. The Kier molecular flexibility index (Phi) is 4.76. The summed E-state index contributed by atoms with van der Waals surface area (Å²) in [6, 6.07) is 0. The Labute approximate surface area is 101 Å². The van der Waals surface area contributed by atoms with Crippen LogP contribution in [0.15, 0.2) is 12.4 Å². The van der Waals surface area contributed by atoms with Gasteiger partial charge in [-0.25, -0.2) is 0 Å². The van der Waals surface area contributed by atoms with Gasteiger partial charge in [-0.2, -0.15) is 0 Å². The van der Waals surface area contributed by atoms with Gasteiger partial charge in [0.2, 0.25) is 0 Å². The highest BCUT2D eigenvalue weighted by molar-refractivity contribution is 6.33. The van der Waals surface area contributed by atoms with Gasteiger partial charge >= 0.3 is 5.69 Å². The molecule has 1 aromatic rings.